The molecule has 0 saturated carbocycles. The summed E-state index contributed by atoms with van der Waals surface area (Å²) in [5.74, 6) is 0.153. The van der Waals surface area contributed by atoms with E-state index in [9.17, 15) is 5.11 Å². The molecule has 1 aromatic heterocycles. The topological polar surface area (TPSA) is 59.3 Å². The van der Waals surface area contributed by atoms with Crippen LogP contribution >= 0.6 is 15.9 Å². The number of hydrogen-bond acceptors (Lipinski definition) is 4. The first-order valence-corrected chi connectivity index (χ1v) is 7.02. The Morgan fingerprint density at radius 3 is 3.17 bits per heavy atom. The molecular formula is C12H20BrN3O2. The van der Waals surface area contributed by atoms with Gasteiger partial charge in [-0.2, -0.15) is 5.10 Å². The molecule has 1 saturated heterocycles. The van der Waals surface area contributed by atoms with Crippen molar-refractivity contribution < 1.29 is 9.84 Å². The van der Waals surface area contributed by atoms with Crippen LogP contribution in [-0.2, 0) is 16.9 Å². The maximum atomic E-state index is 11.0. The first kappa shape index (κ1) is 14.0. The van der Waals surface area contributed by atoms with Gasteiger partial charge in [-0.25, -0.2) is 0 Å². The molecule has 2 unspecified atom stereocenters. The number of aromatic nitrogens is 2. The molecule has 0 radical (unpaired) electrons. The number of ether oxygens (including phenoxy) is 1. The van der Waals surface area contributed by atoms with Gasteiger partial charge >= 0.3 is 0 Å². The highest BCUT2D eigenvalue weighted by Crippen LogP contribution is 2.38. The number of piperidine rings is 1. The van der Waals surface area contributed by atoms with Crippen molar-refractivity contribution in [3.05, 3.63) is 16.4 Å². The number of rotatable bonds is 4. The largest absolute Gasteiger partial charge is 0.383 e. The van der Waals surface area contributed by atoms with Crippen molar-refractivity contribution in [3.8, 4) is 0 Å². The Hall–Kier alpha value is -0.430. The Morgan fingerprint density at radius 1 is 1.72 bits per heavy atom. The average molecular weight is 318 g/mol. The summed E-state index contributed by atoms with van der Waals surface area (Å²) in [6, 6.07) is 0. The Bertz CT molecular complexity index is 410. The van der Waals surface area contributed by atoms with Crippen molar-refractivity contribution in [1.29, 1.82) is 0 Å². The maximum Gasteiger partial charge on any atom is 0.112 e. The second-order valence-corrected chi connectivity index (χ2v) is 5.69. The zero-order valence-corrected chi connectivity index (χ0v) is 12.4. The van der Waals surface area contributed by atoms with Gasteiger partial charge in [-0.05, 0) is 28.9 Å². The zero-order chi connectivity index (χ0) is 13.2. The summed E-state index contributed by atoms with van der Waals surface area (Å²) >= 11 is 3.50. The third-order valence-corrected chi connectivity index (χ3v) is 4.24. The Kier molecular flexibility index (Phi) is 4.42. The molecule has 2 atom stereocenters. The molecule has 1 aliphatic heterocycles. The normalized spacial score (nSPS) is 28.6. The Balaban J connectivity index is 2.32. The van der Waals surface area contributed by atoms with Crippen LogP contribution in [0.1, 0.15) is 19.0 Å². The molecule has 6 heteroatoms. The van der Waals surface area contributed by atoms with Crippen molar-refractivity contribution in [1.82, 2.24) is 15.1 Å². The third-order valence-electron chi connectivity index (χ3n) is 3.66. The van der Waals surface area contributed by atoms with Crippen LogP contribution in [0.15, 0.2) is 10.7 Å². The monoisotopic (exact) mass is 317 g/mol. The summed E-state index contributed by atoms with van der Waals surface area (Å²) in [4.78, 5) is 0. The van der Waals surface area contributed by atoms with Gasteiger partial charge in [0.2, 0.25) is 0 Å². The van der Waals surface area contributed by atoms with Gasteiger partial charge < -0.3 is 15.2 Å². The predicted molar refractivity (Wildman–Crippen MR) is 72.4 cm³/mol. The maximum absolute atomic E-state index is 11.0. The third kappa shape index (κ3) is 2.47. The molecule has 0 bridgehead atoms. The van der Waals surface area contributed by atoms with E-state index in [0.717, 1.165) is 23.3 Å². The van der Waals surface area contributed by atoms with Crippen LogP contribution in [-0.4, -0.2) is 41.7 Å². The van der Waals surface area contributed by atoms with Gasteiger partial charge in [0.15, 0.2) is 0 Å². The molecular weight excluding hydrogens is 298 g/mol. The molecule has 18 heavy (non-hydrogen) atoms. The van der Waals surface area contributed by atoms with Crippen LogP contribution in [0.4, 0.5) is 0 Å². The number of nitrogens with one attached hydrogen (secondary N) is 1. The molecule has 1 fully saturated rings. The minimum atomic E-state index is -0.825. The molecule has 0 amide bonds. The number of hydrogen-bond donors (Lipinski definition) is 2. The predicted octanol–water partition coefficient (Wildman–Crippen LogP) is 1.11. The van der Waals surface area contributed by atoms with Crippen molar-refractivity contribution >= 4 is 15.9 Å². The van der Waals surface area contributed by atoms with Crippen molar-refractivity contribution in [2.45, 2.75) is 25.5 Å². The number of nitrogens with zero attached hydrogens (tertiary/aromatic N) is 2. The lowest BCUT2D eigenvalue weighted by atomic mass is 9.80. The fourth-order valence-corrected chi connectivity index (χ4v) is 3.14. The average Bonchev–Trinajstić information content (AvgIpc) is 2.72. The summed E-state index contributed by atoms with van der Waals surface area (Å²) in [6.45, 7) is 4.94. The van der Waals surface area contributed by atoms with E-state index in [0.29, 0.717) is 19.6 Å². The van der Waals surface area contributed by atoms with Gasteiger partial charge in [-0.1, -0.05) is 6.92 Å². The second kappa shape index (κ2) is 5.69. The van der Waals surface area contributed by atoms with E-state index >= 15 is 0 Å². The van der Waals surface area contributed by atoms with E-state index in [4.69, 9.17) is 4.74 Å². The zero-order valence-electron chi connectivity index (χ0n) is 10.8. The van der Waals surface area contributed by atoms with Crippen LogP contribution in [0.5, 0.6) is 0 Å². The van der Waals surface area contributed by atoms with Gasteiger partial charge in [0.25, 0.3) is 0 Å². The Morgan fingerprint density at radius 2 is 2.50 bits per heavy atom. The first-order valence-electron chi connectivity index (χ1n) is 6.23. The molecule has 0 spiro atoms. The minimum absolute atomic E-state index is 0.153. The van der Waals surface area contributed by atoms with Crippen molar-refractivity contribution in [3.63, 3.8) is 0 Å². The Labute approximate surface area is 116 Å². The van der Waals surface area contributed by atoms with Crippen LogP contribution in [0.2, 0.25) is 0 Å². The molecule has 0 aromatic carbocycles. The molecule has 102 valence electrons. The molecule has 2 rings (SSSR count). The summed E-state index contributed by atoms with van der Waals surface area (Å²) < 4.78 is 7.80. The SMILES string of the molecule is COCCn1ncc(Br)c1C1(O)CCNCC1C. The van der Waals surface area contributed by atoms with E-state index in [2.05, 4.69) is 33.3 Å². The lowest BCUT2D eigenvalue weighted by Crippen LogP contribution is -2.48. The summed E-state index contributed by atoms with van der Waals surface area (Å²) in [5.41, 5.74) is 0.0440. The highest BCUT2D eigenvalue weighted by atomic mass is 79.9. The smallest absolute Gasteiger partial charge is 0.112 e. The lowest BCUT2D eigenvalue weighted by molar-refractivity contribution is -0.0477. The minimum Gasteiger partial charge on any atom is -0.383 e. The molecule has 2 heterocycles. The van der Waals surface area contributed by atoms with Crippen molar-refractivity contribution in [2.75, 3.05) is 26.8 Å². The van der Waals surface area contributed by atoms with E-state index in [1.54, 1.807) is 13.3 Å². The van der Waals surface area contributed by atoms with Crippen LogP contribution in [0.3, 0.4) is 0 Å². The lowest BCUT2D eigenvalue weighted by Gasteiger charge is -2.39. The second-order valence-electron chi connectivity index (χ2n) is 4.84. The summed E-state index contributed by atoms with van der Waals surface area (Å²) in [5, 5.41) is 18.6. The molecule has 2 N–H and O–H groups in total. The highest BCUT2D eigenvalue weighted by Gasteiger charge is 2.41. The standard InChI is InChI=1S/C12H20BrN3O2/c1-9-7-14-4-3-12(9,17)11-10(13)8-15-16(11)5-6-18-2/h8-9,14,17H,3-7H2,1-2H3. The highest BCUT2D eigenvalue weighted by molar-refractivity contribution is 9.10. The van der Waals surface area contributed by atoms with Gasteiger partial charge in [0.05, 0.1) is 29.5 Å². The van der Waals surface area contributed by atoms with E-state index < -0.39 is 5.60 Å². The summed E-state index contributed by atoms with van der Waals surface area (Å²) in [6.07, 6.45) is 2.45. The van der Waals surface area contributed by atoms with E-state index in [-0.39, 0.29) is 5.92 Å². The fraction of sp³-hybridized carbons (Fsp3) is 0.750. The van der Waals surface area contributed by atoms with Crippen LogP contribution < -0.4 is 5.32 Å². The number of methoxy groups -OCH3 is 1. The fourth-order valence-electron chi connectivity index (χ4n) is 2.50. The first-order chi connectivity index (χ1) is 8.59. The molecule has 1 aromatic rings. The van der Waals surface area contributed by atoms with E-state index in [1.807, 2.05) is 4.68 Å². The molecule has 1 aliphatic rings. The van der Waals surface area contributed by atoms with Crippen LogP contribution in [0, 0.1) is 5.92 Å². The van der Waals surface area contributed by atoms with Gasteiger partial charge in [-0.15, -0.1) is 0 Å². The number of halogens is 1. The quantitative estimate of drug-likeness (QED) is 0.873. The van der Waals surface area contributed by atoms with Crippen LogP contribution in [0.25, 0.3) is 0 Å². The molecule has 0 aliphatic carbocycles. The van der Waals surface area contributed by atoms with Gasteiger partial charge in [0, 0.05) is 19.6 Å². The van der Waals surface area contributed by atoms with Gasteiger partial charge in [0.1, 0.15) is 5.60 Å². The van der Waals surface area contributed by atoms with Gasteiger partial charge in [-0.3, -0.25) is 4.68 Å². The number of aliphatic hydroxyl groups is 1. The summed E-state index contributed by atoms with van der Waals surface area (Å²) in [7, 11) is 1.67. The molecule has 5 nitrogen and oxygen atoms in total. The van der Waals surface area contributed by atoms with Crippen molar-refractivity contribution in [2.24, 2.45) is 5.92 Å². The van der Waals surface area contributed by atoms with E-state index in [1.165, 1.54) is 0 Å².